The fourth-order valence-electron chi connectivity index (χ4n) is 2.74. The number of para-hydroxylation sites is 1. The lowest BCUT2D eigenvalue weighted by molar-refractivity contribution is -0.142. The number of hydrogen-bond acceptors (Lipinski definition) is 7. The smallest absolute Gasteiger partial charge is 0.307 e. The molecule has 126 valence electrons. The first kappa shape index (κ1) is 16.2. The third-order valence-corrected chi connectivity index (χ3v) is 3.80. The Labute approximate surface area is 139 Å². The Kier molecular flexibility index (Phi) is 4.35. The molecular weight excluding hydrogens is 310 g/mol. The second-order valence-electron chi connectivity index (χ2n) is 5.87. The highest BCUT2D eigenvalue weighted by Crippen LogP contribution is 2.32. The number of anilines is 1. The number of carbonyl (C=O) groups excluding carboxylic acids is 1. The van der Waals surface area contributed by atoms with Crippen LogP contribution in [0.5, 0.6) is 0 Å². The molecule has 1 atom stereocenters. The van der Waals surface area contributed by atoms with Gasteiger partial charge in [-0.1, -0.05) is 12.1 Å². The zero-order valence-corrected chi connectivity index (χ0v) is 13.8. The summed E-state index contributed by atoms with van der Waals surface area (Å²) in [5.41, 5.74) is 1.31. The summed E-state index contributed by atoms with van der Waals surface area (Å²) in [4.78, 5) is 20.3. The number of nitrogens with zero attached hydrogens (tertiary/aromatic N) is 2. The summed E-state index contributed by atoms with van der Waals surface area (Å²) < 4.78 is 15.9. The molecule has 1 N–H and O–H groups in total. The van der Waals surface area contributed by atoms with Gasteiger partial charge in [-0.25, -0.2) is 9.97 Å². The minimum absolute atomic E-state index is 0.128. The van der Waals surface area contributed by atoms with Crippen LogP contribution in [0, 0.1) is 0 Å². The van der Waals surface area contributed by atoms with Gasteiger partial charge >= 0.3 is 5.97 Å². The zero-order chi connectivity index (χ0) is 17.2. The van der Waals surface area contributed by atoms with Crippen molar-refractivity contribution >= 4 is 33.9 Å². The Hall–Kier alpha value is -2.67. The minimum atomic E-state index is -0.692. The van der Waals surface area contributed by atoms with Crippen molar-refractivity contribution in [2.45, 2.75) is 18.9 Å². The van der Waals surface area contributed by atoms with Gasteiger partial charge in [-0.15, -0.1) is 0 Å². The first-order valence-electron chi connectivity index (χ1n) is 7.52. The monoisotopic (exact) mass is 329 g/mol. The maximum Gasteiger partial charge on any atom is 0.307 e. The van der Waals surface area contributed by atoms with Crippen LogP contribution in [0.4, 0.5) is 5.82 Å². The van der Waals surface area contributed by atoms with Crippen LogP contribution in [-0.4, -0.2) is 42.3 Å². The molecule has 1 aromatic carbocycles. The molecule has 0 unspecified atom stereocenters. The molecule has 0 radical (unpaired) electrons. The Morgan fingerprint density at radius 1 is 1.29 bits per heavy atom. The van der Waals surface area contributed by atoms with Crippen molar-refractivity contribution in [2.75, 3.05) is 26.1 Å². The maximum atomic E-state index is 11.7. The second kappa shape index (κ2) is 6.45. The van der Waals surface area contributed by atoms with E-state index in [-0.39, 0.29) is 12.4 Å². The molecule has 3 rings (SSSR count). The number of aromatic nitrogens is 2. The van der Waals surface area contributed by atoms with Crippen molar-refractivity contribution in [1.82, 2.24) is 9.97 Å². The second-order valence-corrected chi connectivity index (χ2v) is 5.87. The number of furan rings is 1. The quantitative estimate of drug-likeness (QED) is 0.696. The fraction of sp³-hybridized carbons (Fsp3) is 0.353. The van der Waals surface area contributed by atoms with Crippen LogP contribution < -0.4 is 5.32 Å². The SMILES string of the molecule is COC[C@](C)(CC(=O)OC)Nc1ncnc2c1oc1ccccc12. The van der Waals surface area contributed by atoms with Crippen LogP contribution >= 0.6 is 0 Å². The molecule has 0 aliphatic heterocycles. The van der Waals surface area contributed by atoms with Crippen LogP contribution in [0.25, 0.3) is 22.1 Å². The highest BCUT2D eigenvalue weighted by molar-refractivity contribution is 6.05. The van der Waals surface area contributed by atoms with Gasteiger partial charge in [-0.3, -0.25) is 4.79 Å². The third kappa shape index (κ3) is 3.03. The van der Waals surface area contributed by atoms with Crippen molar-refractivity contribution in [3.63, 3.8) is 0 Å². The summed E-state index contributed by atoms with van der Waals surface area (Å²) in [6.07, 6.45) is 1.60. The van der Waals surface area contributed by atoms with Gasteiger partial charge in [0.1, 0.15) is 17.4 Å². The number of ether oxygens (including phenoxy) is 2. The Bertz CT molecular complexity index is 877. The van der Waals surface area contributed by atoms with Crippen molar-refractivity contribution in [2.24, 2.45) is 0 Å². The van der Waals surface area contributed by atoms with E-state index in [0.29, 0.717) is 18.0 Å². The number of carbonyl (C=O) groups is 1. The van der Waals surface area contributed by atoms with E-state index in [0.717, 1.165) is 16.5 Å². The van der Waals surface area contributed by atoms with E-state index in [2.05, 4.69) is 15.3 Å². The average molecular weight is 329 g/mol. The Balaban J connectivity index is 2.03. The van der Waals surface area contributed by atoms with Crippen LogP contribution in [0.15, 0.2) is 35.0 Å². The summed E-state index contributed by atoms with van der Waals surface area (Å²) in [7, 11) is 2.94. The molecule has 0 saturated heterocycles. The third-order valence-electron chi connectivity index (χ3n) is 3.80. The fourth-order valence-corrected chi connectivity index (χ4v) is 2.74. The molecule has 7 heteroatoms. The first-order valence-corrected chi connectivity index (χ1v) is 7.52. The van der Waals surface area contributed by atoms with E-state index in [1.165, 1.54) is 13.4 Å². The molecular formula is C17H19N3O4. The predicted octanol–water partition coefficient (Wildman–Crippen LogP) is 2.76. The van der Waals surface area contributed by atoms with Gasteiger partial charge in [0, 0.05) is 12.5 Å². The molecule has 0 aliphatic carbocycles. The molecule has 3 aromatic rings. The van der Waals surface area contributed by atoms with Gasteiger partial charge in [0.15, 0.2) is 11.4 Å². The first-order chi connectivity index (χ1) is 11.6. The van der Waals surface area contributed by atoms with Crippen LogP contribution in [0.1, 0.15) is 13.3 Å². The van der Waals surface area contributed by atoms with Crippen LogP contribution in [0.3, 0.4) is 0 Å². The Morgan fingerprint density at radius 2 is 2.08 bits per heavy atom. The maximum absolute atomic E-state index is 11.7. The van der Waals surface area contributed by atoms with Crippen molar-refractivity contribution in [1.29, 1.82) is 0 Å². The van der Waals surface area contributed by atoms with Crippen molar-refractivity contribution in [3.05, 3.63) is 30.6 Å². The molecule has 24 heavy (non-hydrogen) atoms. The summed E-state index contributed by atoms with van der Waals surface area (Å²) in [5.74, 6) is 0.177. The van der Waals surface area contributed by atoms with Crippen LogP contribution in [0.2, 0.25) is 0 Å². The molecule has 0 spiro atoms. The lowest BCUT2D eigenvalue weighted by Crippen LogP contribution is -2.42. The van der Waals surface area contributed by atoms with E-state index >= 15 is 0 Å². The Morgan fingerprint density at radius 3 is 2.83 bits per heavy atom. The van der Waals surface area contributed by atoms with Gasteiger partial charge in [0.05, 0.1) is 25.7 Å². The summed E-state index contributed by atoms with van der Waals surface area (Å²) >= 11 is 0. The van der Waals surface area contributed by atoms with Gasteiger partial charge in [0.2, 0.25) is 0 Å². The van der Waals surface area contributed by atoms with E-state index in [9.17, 15) is 4.79 Å². The normalized spacial score (nSPS) is 13.8. The van der Waals surface area contributed by atoms with Gasteiger partial charge < -0.3 is 19.2 Å². The van der Waals surface area contributed by atoms with Crippen molar-refractivity contribution in [3.8, 4) is 0 Å². The van der Waals surface area contributed by atoms with Crippen LogP contribution in [-0.2, 0) is 14.3 Å². The zero-order valence-electron chi connectivity index (χ0n) is 13.8. The highest BCUT2D eigenvalue weighted by atomic mass is 16.5. The van der Waals surface area contributed by atoms with E-state index in [1.807, 2.05) is 31.2 Å². The highest BCUT2D eigenvalue weighted by Gasteiger charge is 2.30. The number of esters is 1. The molecule has 2 aromatic heterocycles. The molecule has 0 amide bonds. The standard InChI is InChI=1S/C17H19N3O4/c1-17(9-22-2,8-13(21)23-3)20-16-15-14(18-10-19-16)11-6-4-5-7-12(11)24-15/h4-7,10H,8-9H2,1-3H3,(H,18,19,20)/t17-/m0/s1. The van der Waals surface area contributed by atoms with Gasteiger partial charge in [0.25, 0.3) is 0 Å². The number of hydrogen-bond donors (Lipinski definition) is 1. The molecule has 2 heterocycles. The molecule has 0 saturated carbocycles. The molecule has 0 bridgehead atoms. The van der Waals surface area contributed by atoms with E-state index in [1.54, 1.807) is 7.11 Å². The summed E-state index contributed by atoms with van der Waals surface area (Å²) in [6.45, 7) is 2.16. The van der Waals surface area contributed by atoms with E-state index in [4.69, 9.17) is 13.9 Å². The predicted molar refractivity (Wildman–Crippen MR) is 89.8 cm³/mol. The summed E-state index contributed by atoms with van der Waals surface area (Å²) in [5, 5.41) is 4.17. The van der Waals surface area contributed by atoms with Gasteiger partial charge in [-0.05, 0) is 19.1 Å². The number of methoxy groups -OCH3 is 2. The number of benzene rings is 1. The number of rotatable bonds is 6. The topological polar surface area (TPSA) is 86.5 Å². The van der Waals surface area contributed by atoms with E-state index < -0.39 is 5.54 Å². The molecule has 7 nitrogen and oxygen atoms in total. The largest absolute Gasteiger partial charge is 0.469 e. The number of fused-ring (bicyclic) bond motifs is 3. The lowest BCUT2D eigenvalue weighted by atomic mass is 9.99. The average Bonchev–Trinajstić information content (AvgIpc) is 2.95. The van der Waals surface area contributed by atoms with Crippen molar-refractivity contribution < 1.29 is 18.7 Å². The summed E-state index contributed by atoms with van der Waals surface area (Å²) in [6, 6.07) is 7.65. The minimum Gasteiger partial charge on any atom is -0.469 e. The molecule has 0 aliphatic rings. The number of nitrogens with one attached hydrogen (secondary N) is 1. The molecule has 0 fully saturated rings. The van der Waals surface area contributed by atoms with Gasteiger partial charge in [-0.2, -0.15) is 0 Å². The lowest BCUT2D eigenvalue weighted by Gasteiger charge is -2.29.